The molecule has 0 aliphatic rings. The van der Waals surface area contributed by atoms with Gasteiger partial charge in [0.2, 0.25) is 5.91 Å². The highest BCUT2D eigenvalue weighted by Gasteiger charge is 2.24. The smallest absolute Gasteiger partial charge is 0.229 e. The van der Waals surface area contributed by atoms with Crippen LogP contribution in [0.2, 0.25) is 0 Å². The molecular weight excluding hydrogens is 397 g/mol. The van der Waals surface area contributed by atoms with E-state index in [4.69, 9.17) is 10.8 Å². The number of nitrogens with zero attached hydrogens (tertiary/aromatic N) is 2. The molecule has 0 aliphatic carbocycles. The highest BCUT2D eigenvalue weighted by Crippen LogP contribution is 2.30. The molecule has 0 saturated heterocycles. The van der Waals surface area contributed by atoms with Gasteiger partial charge in [-0.25, -0.2) is 9.37 Å². The minimum atomic E-state index is -0.718. The van der Waals surface area contributed by atoms with Crippen LogP contribution in [0.25, 0.3) is 0 Å². The summed E-state index contributed by atoms with van der Waals surface area (Å²) in [6, 6.07) is 13.6. The van der Waals surface area contributed by atoms with Crippen molar-refractivity contribution in [3.05, 3.63) is 83.4 Å². The molecule has 7 nitrogen and oxygen atoms in total. The summed E-state index contributed by atoms with van der Waals surface area (Å²) < 4.78 is 13.4. The van der Waals surface area contributed by atoms with Crippen LogP contribution in [-0.4, -0.2) is 40.7 Å². The van der Waals surface area contributed by atoms with Crippen LogP contribution in [-0.2, 0) is 11.2 Å². The van der Waals surface area contributed by atoms with Crippen molar-refractivity contribution in [1.29, 1.82) is 0 Å². The largest absolute Gasteiger partial charge is 0.396 e. The van der Waals surface area contributed by atoms with E-state index in [1.807, 2.05) is 6.07 Å². The summed E-state index contributed by atoms with van der Waals surface area (Å²) in [6.45, 7) is 1.13. The number of pyridine rings is 2. The lowest BCUT2D eigenvalue weighted by atomic mass is 9.92. The molecule has 5 N–H and O–H groups in total. The van der Waals surface area contributed by atoms with E-state index in [1.165, 1.54) is 12.1 Å². The van der Waals surface area contributed by atoms with Crippen LogP contribution in [0.3, 0.4) is 0 Å². The molecule has 0 spiro atoms. The lowest BCUT2D eigenvalue weighted by Gasteiger charge is -2.19. The van der Waals surface area contributed by atoms with Gasteiger partial charge >= 0.3 is 0 Å². The van der Waals surface area contributed by atoms with Gasteiger partial charge < -0.3 is 21.5 Å². The number of anilines is 2. The summed E-state index contributed by atoms with van der Waals surface area (Å²) in [7, 11) is 0. The highest BCUT2D eigenvalue weighted by molar-refractivity contribution is 5.87. The average Bonchev–Trinajstić information content (AvgIpc) is 2.76. The molecular formula is C23H26FN5O2. The number of benzene rings is 1. The van der Waals surface area contributed by atoms with Crippen LogP contribution < -0.4 is 16.4 Å². The van der Waals surface area contributed by atoms with Crippen LogP contribution in [0.15, 0.2) is 60.9 Å². The lowest BCUT2D eigenvalue weighted by Crippen LogP contribution is -2.24. The molecule has 31 heavy (non-hydrogen) atoms. The molecule has 162 valence electrons. The number of hydrogen-bond donors (Lipinski definition) is 4. The number of carbonyl (C=O) groups excluding carboxylic acids is 1. The molecule has 0 fully saturated rings. The van der Waals surface area contributed by atoms with E-state index in [0.29, 0.717) is 48.7 Å². The number of aliphatic hydroxyl groups is 1. The van der Waals surface area contributed by atoms with E-state index >= 15 is 0 Å². The lowest BCUT2D eigenvalue weighted by molar-refractivity contribution is -0.118. The summed E-state index contributed by atoms with van der Waals surface area (Å²) in [4.78, 5) is 21.1. The Hall–Kier alpha value is -3.52. The first-order valence-corrected chi connectivity index (χ1v) is 10.1. The summed E-state index contributed by atoms with van der Waals surface area (Å²) in [5, 5.41) is 15.4. The molecule has 8 heteroatoms. The van der Waals surface area contributed by atoms with Crippen LogP contribution in [0.1, 0.15) is 29.0 Å². The third-order valence-corrected chi connectivity index (χ3v) is 4.78. The van der Waals surface area contributed by atoms with E-state index < -0.39 is 11.8 Å². The zero-order valence-corrected chi connectivity index (χ0v) is 17.1. The van der Waals surface area contributed by atoms with Gasteiger partial charge in [0.1, 0.15) is 17.5 Å². The number of nitrogens with one attached hydrogen (secondary N) is 2. The van der Waals surface area contributed by atoms with Gasteiger partial charge in [-0.2, -0.15) is 0 Å². The number of aliphatic hydroxyl groups excluding tert-OH is 1. The number of nitrogens with two attached hydrogens (primary N) is 1. The first-order valence-electron chi connectivity index (χ1n) is 10.1. The Kier molecular flexibility index (Phi) is 7.89. The molecule has 2 heterocycles. The number of amides is 1. The molecule has 3 rings (SSSR count). The SMILES string of the molecule is NC(=O)C(c1cccnc1)c1ccc(NCCCO)nc1NCCc1cccc(F)c1. The second-order valence-corrected chi connectivity index (χ2v) is 7.07. The van der Waals surface area contributed by atoms with Crippen LogP contribution >= 0.6 is 0 Å². The Morgan fingerprint density at radius 2 is 2.00 bits per heavy atom. The van der Waals surface area contributed by atoms with Crippen molar-refractivity contribution in [3.8, 4) is 0 Å². The Balaban J connectivity index is 1.86. The number of hydrogen-bond acceptors (Lipinski definition) is 6. The maximum absolute atomic E-state index is 13.4. The Bertz CT molecular complexity index is 1000. The van der Waals surface area contributed by atoms with Gasteiger partial charge in [-0.15, -0.1) is 0 Å². The van der Waals surface area contributed by atoms with Gasteiger partial charge in [0.05, 0.1) is 5.92 Å². The minimum absolute atomic E-state index is 0.0780. The Labute approximate surface area is 180 Å². The fraction of sp³-hybridized carbons (Fsp3) is 0.261. The highest BCUT2D eigenvalue weighted by atomic mass is 19.1. The van der Waals surface area contributed by atoms with Gasteiger partial charge in [-0.3, -0.25) is 9.78 Å². The zero-order chi connectivity index (χ0) is 22.1. The first-order chi connectivity index (χ1) is 15.1. The van der Waals surface area contributed by atoms with Crippen LogP contribution in [0.4, 0.5) is 16.0 Å². The first kappa shape index (κ1) is 22.2. The van der Waals surface area contributed by atoms with E-state index in [2.05, 4.69) is 20.6 Å². The van der Waals surface area contributed by atoms with E-state index in [1.54, 1.807) is 42.7 Å². The van der Waals surface area contributed by atoms with Crippen molar-refractivity contribution < 1.29 is 14.3 Å². The second-order valence-electron chi connectivity index (χ2n) is 7.07. The summed E-state index contributed by atoms with van der Waals surface area (Å²) in [6.07, 6.45) is 4.41. The van der Waals surface area contributed by atoms with E-state index in [-0.39, 0.29) is 12.4 Å². The molecule has 1 aromatic carbocycles. The summed E-state index contributed by atoms with van der Waals surface area (Å²) in [5.41, 5.74) is 7.89. The Morgan fingerprint density at radius 1 is 1.13 bits per heavy atom. The average molecular weight is 423 g/mol. The van der Waals surface area contributed by atoms with Gasteiger partial charge in [0.25, 0.3) is 0 Å². The maximum atomic E-state index is 13.4. The molecule has 1 unspecified atom stereocenters. The van der Waals surface area contributed by atoms with Crippen molar-refractivity contribution >= 4 is 17.5 Å². The van der Waals surface area contributed by atoms with Gasteiger partial charge in [0, 0.05) is 37.7 Å². The minimum Gasteiger partial charge on any atom is -0.396 e. The van der Waals surface area contributed by atoms with Crippen molar-refractivity contribution in [3.63, 3.8) is 0 Å². The zero-order valence-electron chi connectivity index (χ0n) is 17.1. The quantitative estimate of drug-likeness (QED) is 0.353. The third-order valence-electron chi connectivity index (χ3n) is 4.78. The topological polar surface area (TPSA) is 113 Å². The molecule has 3 aromatic rings. The number of rotatable bonds is 11. The number of primary amides is 1. The molecule has 0 bridgehead atoms. The fourth-order valence-electron chi connectivity index (χ4n) is 3.30. The molecule has 2 aromatic heterocycles. The maximum Gasteiger partial charge on any atom is 0.229 e. The van der Waals surface area contributed by atoms with E-state index in [9.17, 15) is 9.18 Å². The fourth-order valence-corrected chi connectivity index (χ4v) is 3.30. The monoisotopic (exact) mass is 423 g/mol. The van der Waals surface area contributed by atoms with Crippen LogP contribution in [0, 0.1) is 5.82 Å². The molecule has 1 atom stereocenters. The van der Waals surface area contributed by atoms with Gasteiger partial charge in [-0.05, 0) is 48.2 Å². The molecule has 0 radical (unpaired) electrons. The standard InChI is InChI=1S/C23H26FN5O2/c24-18-6-1-4-16(14-18)9-12-28-23-19(7-8-20(29-23)27-11-3-13-30)21(22(25)31)17-5-2-10-26-15-17/h1-2,4-8,10,14-15,21,30H,3,9,11-13H2,(H2,25,31)(H2,27,28,29). The van der Waals surface area contributed by atoms with Crippen LogP contribution in [0.5, 0.6) is 0 Å². The molecule has 0 saturated carbocycles. The summed E-state index contributed by atoms with van der Waals surface area (Å²) in [5.74, 6) is -0.386. The van der Waals surface area contributed by atoms with Crippen molar-refractivity contribution in [1.82, 2.24) is 9.97 Å². The molecule has 1 amide bonds. The number of aromatic nitrogens is 2. The van der Waals surface area contributed by atoms with Gasteiger partial charge in [0.15, 0.2) is 0 Å². The predicted molar refractivity (Wildman–Crippen MR) is 118 cm³/mol. The van der Waals surface area contributed by atoms with Crippen molar-refractivity contribution in [2.24, 2.45) is 5.73 Å². The summed E-state index contributed by atoms with van der Waals surface area (Å²) >= 11 is 0. The van der Waals surface area contributed by atoms with Crippen molar-refractivity contribution in [2.75, 3.05) is 30.3 Å². The second kappa shape index (κ2) is 11.0. The predicted octanol–water partition coefficient (Wildman–Crippen LogP) is 2.68. The Morgan fingerprint density at radius 3 is 2.71 bits per heavy atom. The van der Waals surface area contributed by atoms with Gasteiger partial charge in [-0.1, -0.05) is 24.3 Å². The van der Waals surface area contributed by atoms with Crippen molar-refractivity contribution in [2.45, 2.75) is 18.8 Å². The third kappa shape index (κ3) is 6.23. The number of halogens is 1. The number of carbonyl (C=O) groups is 1. The normalized spacial score (nSPS) is 11.7. The van der Waals surface area contributed by atoms with E-state index in [0.717, 1.165) is 5.56 Å². The molecule has 0 aliphatic heterocycles.